The molecule has 1 heterocycles. The molecule has 1 saturated heterocycles. The monoisotopic (exact) mass is 253 g/mol. The first-order valence-corrected chi connectivity index (χ1v) is 8.20. The van der Waals surface area contributed by atoms with E-state index in [2.05, 4.69) is 12.2 Å². The van der Waals surface area contributed by atoms with Gasteiger partial charge in [-0.25, -0.2) is 0 Å². The minimum absolute atomic E-state index is 0.259. The fraction of sp³-hybridized carbons (Fsp3) is 0.538. The number of rotatable bonds is 4. The summed E-state index contributed by atoms with van der Waals surface area (Å²) >= 11 is 0. The van der Waals surface area contributed by atoms with Crippen molar-refractivity contribution in [2.45, 2.75) is 31.7 Å². The Kier molecular flexibility index (Phi) is 4.03. The molecule has 2 N–H and O–H groups in total. The molecule has 0 bridgehead atoms. The normalized spacial score (nSPS) is 32.8. The largest absolute Gasteiger partial charge is 0.391 e. The van der Waals surface area contributed by atoms with E-state index >= 15 is 0 Å². The highest BCUT2D eigenvalue weighted by Gasteiger charge is 2.44. The van der Waals surface area contributed by atoms with Crippen LogP contribution >= 0.6 is 7.14 Å². The molecule has 0 aliphatic carbocycles. The van der Waals surface area contributed by atoms with Crippen LogP contribution in [0, 0.1) is 0 Å². The second kappa shape index (κ2) is 5.34. The van der Waals surface area contributed by atoms with E-state index in [0.717, 1.165) is 18.3 Å². The zero-order valence-corrected chi connectivity index (χ0v) is 11.1. The van der Waals surface area contributed by atoms with Gasteiger partial charge in [-0.15, -0.1) is 0 Å². The van der Waals surface area contributed by atoms with E-state index in [1.54, 1.807) is 0 Å². The van der Waals surface area contributed by atoms with Crippen LogP contribution in [0.15, 0.2) is 30.3 Å². The van der Waals surface area contributed by atoms with Crippen LogP contribution < -0.4 is 10.6 Å². The lowest BCUT2D eigenvalue weighted by Gasteiger charge is -2.24. The van der Waals surface area contributed by atoms with E-state index < -0.39 is 13.2 Å². The van der Waals surface area contributed by atoms with E-state index in [0.29, 0.717) is 12.6 Å². The van der Waals surface area contributed by atoms with Gasteiger partial charge in [-0.2, -0.15) is 0 Å². The van der Waals surface area contributed by atoms with Crippen molar-refractivity contribution in [3.05, 3.63) is 30.3 Å². The minimum atomic E-state index is -2.48. The van der Waals surface area contributed by atoms with Crippen molar-refractivity contribution in [3.8, 4) is 0 Å². The molecule has 1 aliphatic rings. The molecule has 1 aromatic rings. The SMILES string of the molecule is CCCN[C@@H]1[C@@H](O)CC[P@@]1(=O)c1ccccc1. The maximum Gasteiger partial charge on any atom is 0.134 e. The summed E-state index contributed by atoms with van der Waals surface area (Å²) in [5.74, 6) is -0.259. The van der Waals surface area contributed by atoms with Crippen LogP contribution in [-0.4, -0.2) is 29.7 Å². The van der Waals surface area contributed by atoms with Gasteiger partial charge in [0.25, 0.3) is 0 Å². The van der Waals surface area contributed by atoms with Crippen LogP contribution in [0.4, 0.5) is 0 Å². The van der Waals surface area contributed by atoms with Crippen molar-refractivity contribution in [3.63, 3.8) is 0 Å². The van der Waals surface area contributed by atoms with Crippen LogP contribution in [-0.2, 0) is 4.57 Å². The van der Waals surface area contributed by atoms with Crippen LogP contribution in [0.5, 0.6) is 0 Å². The van der Waals surface area contributed by atoms with E-state index in [1.807, 2.05) is 30.3 Å². The molecule has 1 aromatic carbocycles. The van der Waals surface area contributed by atoms with Gasteiger partial charge in [0.2, 0.25) is 0 Å². The second-order valence-corrected chi connectivity index (χ2v) is 7.72. The maximum atomic E-state index is 13.0. The smallest absolute Gasteiger partial charge is 0.134 e. The highest BCUT2D eigenvalue weighted by molar-refractivity contribution is 7.72. The number of aliphatic hydroxyl groups excluding tert-OH is 1. The Labute approximate surface area is 103 Å². The fourth-order valence-corrected chi connectivity index (χ4v) is 5.76. The van der Waals surface area contributed by atoms with Gasteiger partial charge < -0.3 is 15.0 Å². The van der Waals surface area contributed by atoms with Gasteiger partial charge in [0.05, 0.1) is 11.9 Å². The van der Waals surface area contributed by atoms with Gasteiger partial charge in [0.15, 0.2) is 0 Å². The average molecular weight is 253 g/mol. The number of hydrogen-bond acceptors (Lipinski definition) is 3. The zero-order valence-electron chi connectivity index (χ0n) is 10.2. The molecule has 0 saturated carbocycles. The van der Waals surface area contributed by atoms with Gasteiger partial charge in [-0.05, 0) is 19.4 Å². The molecule has 0 unspecified atom stereocenters. The molecule has 1 aliphatic heterocycles. The average Bonchev–Trinajstić information content (AvgIpc) is 2.65. The molecule has 0 amide bonds. The third-order valence-electron chi connectivity index (χ3n) is 3.37. The van der Waals surface area contributed by atoms with Gasteiger partial charge in [0, 0.05) is 11.5 Å². The Morgan fingerprint density at radius 1 is 1.41 bits per heavy atom. The summed E-state index contributed by atoms with van der Waals surface area (Å²) in [6.45, 7) is 2.88. The summed E-state index contributed by atoms with van der Waals surface area (Å²) in [7, 11) is -2.48. The highest BCUT2D eigenvalue weighted by Crippen LogP contribution is 2.55. The molecule has 2 rings (SSSR count). The van der Waals surface area contributed by atoms with Gasteiger partial charge in [0.1, 0.15) is 7.14 Å². The van der Waals surface area contributed by atoms with Crippen LogP contribution in [0.3, 0.4) is 0 Å². The fourth-order valence-electron chi connectivity index (χ4n) is 2.44. The molecule has 94 valence electrons. The molecule has 4 heteroatoms. The molecular formula is C13H20NO2P. The lowest BCUT2D eigenvalue weighted by molar-refractivity contribution is 0.163. The van der Waals surface area contributed by atoms with Crippen molar-refractivity contribution in [2.24, 2.45) is 0 Å². The van der Waals surface area contributed by atoms with Crippen LogP contribution in [0.25, 0.3) is 0 Å². The Balaban J connectivity index is 2.26. The zero-order chi connectivity index (χ0) is 12.3. The number of hydrogen-bond donors (Lipinski definition) is 2. The first-order valence-electron chi connectivity index (χ1n) is 6.24. The summed E-state index contributed by atoms with van der Waals surface area (Å²) in [4.78, 5) is 0. The summed E-state index contributed by atoms with van der Waals surface area (Å²) in [6.07, 6.45) is 1.75. The van der Waals surface area contributed by atoms with E-state index in [-0.39, 0.29) is 5.78 Å². The lowest BCUT2D eigenvalue weighted by Crippen LogP contribution is -2.38. The number of benzene rings is 1. The van der Waals surface area contributed by atoms with E-state index in [9.17, 15) is 9.67 Å². The molecule has 1 fully saturated rings. The summed E-state index contributed by atoms with van der Waals surface area (Å²) in [6, 6.07) is 9.59. The molecule has 0 radical (unpaired) electrons. The van der Waals surface area contributed by atoms with E-state index in [4.69, 9.17) is 0 Å². The van der Waals surface area contributed by atoms with Crippen molar-refractivity contribution in [1.29, 1.82) is 0 Å². The van der Waals surface area contributed by atoms with Crippen LogP contribution in [0.1, 0.15) is 19.8 Å². The van der Waals surface area contributed by atoms with Crippen molar-refractivity contribution < 1.29 is 9.67 Å². The molecule has 0 spiro atoms. The predicted molar refractivity (Wildman–Crippen MR) is 71.3 cm³/mol. The first-order chi connectivity index (χ1) is 8.18. The summed E-state index contributed by atoms with van der Waals surface area (Å²) < 4.78 is 13.0. The molecular weight excluding hydrogens is 233 g/mol. The Hall–Kier alpha value is -0.630. The quantitative estimate of drug-likeness (QED) is 0.804. The van der Waals surface area contributed by atoms with Gasteiger partial charge in [-0.1, -0.05) is 37.3 Å². The van der Waals surface area contributed by atoms with Crippen molar-refractivity contribution in [2.75, 3.05) is 12.7 Å². The molecule has 3 atom stereocenters. The van der Waals surface area contributed by atoms with E-state index in [1.165, 1.54) is 0 Å². The second-order valence-electron chi connectivity index (χ2n) is 4.61. The molecule has 3 nitrogen and oxygen atoms in total. The Morgan fingerprint density at radius 2 is 2.12 bits per heavy atom. The minimum Gasteiger partial charge on any atom is -0.391 e. The van der Waals surface area contributed by atoms with Crippen molar-refractivity contribution >= 4 is 12.4 Å². The molecule has 17 heavy (non-hydrogen) atoms. The predicted octanol–water partition coefficient (Wildman–Crippen LogP) is 1.77. The number of aliphatic hydroxyl groups is 1. The lowest BCUT2D eigenvalue weighted by atomic mass is 10.3. The topological polar surface area (TPSA) is 49.3 Å². The standard InChI is InChI=1S/C13H20NO2P/c1-2-9-14-13-12(15)8-10-17(13,16)11-6-4-3-5-7-11/h3-7,12-15H,2,8-10H2,1H3/t12-,13-,17+/m0/s1. The molecule has 0 aromatic heterocycles. The number of nitrogens with one attached hydrogen (secondary N) is 1. The summed E-state index contributed by atoms with van der Waals surface area (Å²) in [5.41, 5.74) is 0. The third-order valence-corrected chi connectivity index (χ3v) is 6.89. The highest BCUT2D eigenvalue weighted by atomic mass is 31.2. The van der Waals surface area contributed by atoms with Crippen molar-refractivity contribution in [1.82, 2.24) is 5.32 Å². The van der Waals surface area contributed by atoms with Gasteiger partial charge in [-0.3, -0.25) is 0 Å². The summed E-state index contributed by atoms with van der Waals surface area (Å²) in [5, 5.41) is 14.1. The Morgan fingerprint density at radius 3 is 2.76 bits per heavy atom. The Bertz CT molecular complexity index is 407. The third kappa shape index (κ3) is 2.47. The van der Waals surface area contributed by atoms with Gasteiger partial charge >= 0.3 is 0 Å². The van der Waals surface area contributed by atoms with Crippen LogP contribution in [0.2, 0.25) is 0 Å². The first kappa shape index (κ1) is 12.8. The maximum absolute atomic E-state index is 13.0.